The average molecular weight is 252 g/mol. The molecule has 0 atom stereocenters. The number of nitrogens with zero attached hydrogens (tertiary/aromatic N) is 1. The number of carbonyl (C=O) groups excluding carboxylic acids is 1. The highest BCUT2D eigenvalue weighted by Crippen LogP contribution is 2.19. The van der Waals surface area contributed by atoms with E-state index in [4.69, 9.17) is 9.84 Å². The smallest absolute Gasteiger partial charge is 0.317 e. The van der Waals surface area contributed by atoms with Gasteiger partial charge in [0.15, 0.2) is 0 Å². The molecule has 1 aromatic rings. The van der Waals surface area contributed by atoms with E-state index in [0.717, 1.165) is 16.9 Å². The Labute approximate surface area is 107 Å². The van der Waals surface area contributed by atoms with Crippen LogP contribution in [0.1, 0.15) is 11.1 Å². The maximum Gasteiger partial charge on any atom is 0.317 e. The van der Waals surface area contributed by atoms with Gasteiger partial charge in [0.05, 0.1) is 13.7 Å². The standard InChI is InChI=1S/C13H20N2O3/c1-10-4-5-11(12(8-10)18-3)9-14-13(17)15(2)6-7-16/h4-5,8,16H,6-7,9H2,1-3H3,(H,14,17). The zero-order valence-electron chi connectivity index (χ0n) is 11.1. The van der Waals surface area contributed by atoms with E-state index in [1.54, 1.807) is 14.2 Å². The summed E-state index contributed by atoms with van der Waals surface area (Å²) in [5.74, 6) is 0.764. The first kappa shape index (κ1) is 14.3. The predicted octanol–water partition coefficient (Wildman–Crippen LogP) is 1.14. The van der Waals surface area contributed by atoms with Gasteiger partial charge >= 0.3 is 6.03 Å². The van der Waals surface area contributed by atoms with Crippen LogP contribution in [0.5, 0.6) is 5.75 Å². The van der Waals surface area contributed by atoms with Crippen LogP contribution in [0.2, 0.25) is 0 Å². The minimum absolute atomic E-state index is 0.0439. The number of methoxy groups -OCH3 is 1. The summed E-state index contributed by atoms with van der Waals surface area (Å²) in [6, 6.07) is 5.62. The molecule has 0 aromatic heterocycles. The molecule has 0 radical (unpaired) electrons. The van der Waals surface area contributed by atoms with Crippen molar-refractivity contribution in [3.63, 3.8) is 0 Å². The summed E-state index contributed by atoms with van der Waals surface area (Å²) in [5, 5.41) is 11.5. The van der Waals surface area contributed by atoms with Crippen LogP contribution in [0.15, 0.2) is 18.2 Å². The van der Waals surface area contributed by atoms with Crippen molar-refractivity contribution in [3.8, 4) is 5.75 Å². The van der Waals surface area contributed by atoms with E-state index in [2.05, 4.69) is 5.32 Å². The van der Waals surface area contributed by atoms with Gasteiger partial charge in [-0.15, -0.1) is 0 Å². The largest absolute Gasteiger partial charge is 0.496 e. The maximum atomic E-state index is 11.6. The maximum absolute atomic E-state index is 11.6. The minimum Gasteiger partial charge on any atom is -0.496 e. The van der Waals surface area contributed by atoms with Gasteiger partial charge in [-0.3, -0.25) is 0 Å². The molecule has 18 heavy (non-hydrogen) atoms. The molecular weight excluding hydrogens is 232 g/mol. The van der Waals surface area contributed by atoms with E-state index in [0.29, 0.717) is 13.1 Å². The molecule has 0 unspecified atom stereocenters. The molecule has 0 heterocycles. The third-order valence-corrected chi connectivity index (χ3v) is 2.65. The van der Waals surface area contributed by atoms with Gasteiger partial charge in [0.2, 0.25) is 0 Å². The molecule has 0 aliphatic carbocycles. The number of ether oxygens (including phenoxy) is 1. The number of benzene rings is 1. The third kappa shape index (κ3) is 3.92. The zero-order chi connectivity index (χ0) is 13.5. The molecule has 0 aliphatic heterocycles. The Balaban J connectivity index is 2.60. The predicted molar refractivity (Wildman–Crippen MR) is 69.7 cm³/mol. The molecule has 2 N–H and O–H groups in total. The summed E-state index contributed by atoms with van der Waals surface area (Å²) in [6.07, 6.45) is 0. The van der Waals surface area contributed by atoms with Gasteiger partial charge in [0.1, 0.15) is 5.75 Å². The van der Waals surface area contributed by atoms with E-state index in [9.17, 15) is 4.79 Å². The van der Waals surface area contributed by atoms with Crippen molar-refractivity contribution in [2.24, 2.45) is 0 Å². The summed E-state index contributed by atoms with van der Waals surface area (Å²) in [7, 11) is 3.25. The van der Waals surface area contributed by atoms with E-state index in [-0.39, 0.29) is 12.6 Å². The summed E-state index contributed by atoms with van der Waals surface area (Å²) < 4.78 is 5.26. The van der Waals surface area contributed by atoms with Crippen LogP contribution in [0.4, 0.5) is 4.79 Å². The Morgan fingerprint density at radius 2 is 2.22 bits per heavy atom. The van der Waals surface area contributed by atoms with Gasteiger partial charge in [-0.25, -0.2) is 4.79 Å². The first-order chi connectivity index (χ1) is 8.58. The van der Waals surface area contributed by atoms with Gasteiger partial charge in [0, 0.05) is 25.7 Å². The molecule has 5 nitrogen and oxygen atoms in total. The monoisotopic (exact) mass is 252 g/mol. The lowest BCUT2D eigenvalue weighted by molar-refractivity contribution is 0.190. The first-order valence-corrected chi connectivity index (χ1v) is 5.81. The van der Waals surface area contributed by atoms with E-state index < -0.39 is 0 Å². The van der Waals surface area contributed by atoms with Crippen LogP contribution in [0, 0.1) is 6.92 Å². The normalized spacial score (nSPS) is 10.0. The number of carbonyl (C=O) groups is 1. The second-order valence-electron chi connectivity index (χ2n) is 4.12. The SMILES string of the molecule is COc1cc(C)ccc1CNC(=O)N(C)CCO. The fraction of sp³-hybridized carbons (Fsp3) is 0.462. The Morgan fingerprint density at radius 1 is 1.50 bits per heavy atom. The van der Waals surface area contributed by atoms with Crippen LogP contribution in [0.25, 0.3) is 0 Å². The van der Waals surface area contributed by atoms with Crippen molar-refractivity contribution in [1.29, 1.82) is 0 Å². The van der Waals surface area contributed by atoms with Crippen LogP contribution in [-0.4, -0.2) is 43.3 Å². The van der Waals surface area contributed by atoms with Crippen LogP contribution in [-0.2, 0) is 6.54 Å². The van der Waals surface area contributed by atoms with Crippen LogP contribution >= 0.6 is 0 Å². The van der Waals surface area contributed by atoms with E-state index in [1.165, 1.54) is 4.90 Å². The Kier molecular flexibility index (Phi) is 5.45. The molecule has 1 aromatic carbocycles. The van der Waals surface area contributed by atoms with Gasteiger partial charge in [-0.2, -0.15) is 0 Å². The highest BCUT2D eigenvalue weighted by Gasteiger charge is 2.09. The zero-order valence-corrected chi connectivity index (χ0v) is 11.1. The van der Waals surface area contributed by atoms with Crippen LogP contribution < -0.4 is 10.1 Å². The molecule has 0 spiro atoms. The number of likely N-dealkylation sites (N-methyl/N-ethyl adjacent to an activating group) is 1. The third-order valence-electron chi connectivity index (χ3n) is 2.65. The Hall–Kier alpha value is -1.75. The fourth-order valence-corrected chi connectivity index (χ4v) is 1.56. The van der Waals surface area contributed by atoms with Crippen LogP contribution in [0.3, 0.4) is 0 Å². The van der Waals surface area contributed by atoms with Crippen molar-refractivity contribution >= 4 is 6.03 Å². The van der Waals surface area contributed by atoms with Gasteiger partial charge in [-0.1, -0.05) is 12.1 Å². The van der Waals surface area contributed by atoms with Crippen molar-refractivity contribution in [1.82, 2.24) is 10.2 Å². The number of hydrogen-bond acceptors (Lipinski definition) is 3. The molecule has 0 bridgehead atoms. The molecule has 0 aliphatic rings. The van der Waals surface area contributed by atoms with Crippen molar-refractivity contribution < 1.29 is 14.6 Å². The topological polar surface area (TPSA) is 61.8 Å². The van der Waals surface area contributed by atoms with Crippen molar-refractivity contribution in [2.75, 3.05) is 27.3 Å². The Morgan fingerprint density at radius 3 is 2.83 bits per heavy atom. The number of urea groups is 1. The Bertz CT molecular complexity index is 407. The lowest BCUT2D eigenvalue weighted by Crippen LogP contribution is -2.38. The van der Waals surface area contributed by atoms with E-state index >= 15 is 0 Å². The average Bonchev–Trinajstić information content (AvgIpc) is 2.37. The number of aliphatic hydroxyl groups is 1. The quantitative estimate of drug-likeness (QED) is 0.826. The second-order valence-corrected chi connectivity index (χ2v) is 4.12. The number of hydrogen-bond donors (Lipinski definition) is 2. The minimum atomic E-state index is -0.216. The molecule has 100 valence electrons. The van der Waals surface area contributed by atoms with Crippen molar-refractivity contribution in [3.05, 3.63) is 29.3 Å². The number of rotatable bonds is 5. The first-order valence-electron chi connectivity index (χ1n) is 5.81. The summed E-state index contributed by atoms with van der Waals surface area (Å²) >= 11 is 0. The number of aryl methyl sites for hydroxylation is 1. The molecule has 0 saturated carbocycles. The molecule has 0 saturated heterocycles. The molecular formula is C13H20N2O3. The fourth-order valence-electron chi connectivity index (χ4n) is 1.56. The summed E-state index contributed by atoms with van der Waals surface area (Å²) in [5.41, 5.74) is 2.04. The number of nitrogens with one attached hydrogen (secondary N) is 1. The highest BCUT2D eigenvalue weighted by molar-refractivity contribution is 5.73. The van der Waals surface area contributed by atoms with E-state index in [1.807, 2.05) is 25.1 Å². The number of aliphatic hydroxyl groups excluding tert-OH is 1. The molecule has 5 heteroatoms. The highest BCUT2D eigenvalue weighted by atomic mass is 16.5. The van der Waals surface area contributed by atoms with Gasteiger partial charge < -0.3 is 20.1 Å². The molecule has 2 amide bonds. The lowest BCUT2D eigenvalue weighted by Gasteiger charge is -2.17. The molecule has 1 rings (SSSR count). The second kappa shape index (κ2) is 6.86. The van der Waals surface area contributed by atoms with Gasteiger partial charge in [0.25, 0.3) is 0 Å². The molecule has 0 fully saturated rings. The van der Waals surface area contributed by atoms with Crippen molar-refractivity contribution in [2.45, 2.75) is 13.5 Å². The number of amides is 2. The summed E-state index contributed by atoms with van der Waals surface area (Å²) in [4.78, 5) is 13.1. The van der Waals surface area contributed by atoms with Gasteiger partial charge in [-0.05, 0) is 18.6 Å². The lowest BCUT2D eigenvalue weighted by atomic mass is 10.1. The summed E-state index contributed by atoms with van der Waals surface area (Å²) in [6.45, 7) is 2.66.